The molecule has 0 radical (unpaired) electrons. The Morgan fingerprint density at radius 3 is 2.75 bits per heavy atom. The molecule has 0 saturated carbocycles. The van der Waals surface area contributed by atoms with Crippen molar-refractivity contribution in [3.8, 4) is 5.75 Å². The molecule has 0 bridgehead atoms. The van der Waals surface area contributed by atoms with Crippen molar-refractivity contribution in [2.45, 2.75) is 6.10 Å². The highest BCUT2D eigenvalue weighted by molar-refractivity contribution is 14.1. The molecule has 2 aromatic carbocycles. The third-order valence-corrected chi connectivity index (χ3v) is 3.51. The van der Waals surface area contributed by atoms with E-state index in [2.05, 4.69) is 27.9 Å². The molecular weight excluding hydrogens is 389 g/mol. The minimum absolute atomic E-state index is 0.220. The molecule has 1 unspecified atom stereocenters. The Balaban J connectivity index is 1.77. The van der Waals surface area contributed by atoms with Crippen molar-refractivity contribution >= 4 is 39.9 Å². The first-order valence-electron chi connectivity index (χ1n) is 6.19. The molecule has 0 aliphatic carbocycles. The molecule has 0 aliphatic heterocycles. The maximum absolute atomic E-state index is 9.89. The number of hydrogen-bond donors (Lipinski definition) is 2. The van der Waals surface area contributed by atoms with Crippen molar-refractivity contribution in [3.63, 3.8) is 0 Å². The topological polar surface area (TPSA) is 41.5 Å². The standard InChI is InChI=1S/C15H15ClINO2/c16-11-3-1-6-15(7-11)20-10-14(19)9-18-13-5-2-4-12(17)8-13/h1-8,14,18-19H,9-10H2. The average Bonchev–Trinajstić information content (AvgIpc) is 2.43. The Morgan fingerprint density at radius 1 is 1.20 bits per heavy atom. The van der Waals surface area contributed by atoms with Crippen LogP contribution in [-0.2, 0) is 0 Å². The second-order valence-electron chi connectivity index (χ2n) is 4.31. The number of hydrogen-bond acceptors (Lipinski definition) is 3. The zero-order chi connectivity index (χ0) is 14.4. The summed E-state index contributed by atoms with van der Waals surface area (Å²) in [4.78, 5) is 0. The van der Waals surface area contributed by atoms with Crippen molar-refractivity contribution < 1.29 is 9.84 Å². The van der Waals surface area contributed by atoms with Gasteiger partial charge in [-0.1, -0.05) is 23.7 Å². The first-order valence-corrected chi connectivity index (χ1v) is 7.65. The molecule has 0 heterocycles. The van der Waals surface area contributed by atoms with E-state index in [9.17, 15) is 5.11 Å². The highest BCUT2D eigenvalue weighted by atomic mass is 127. The number of aliphatic hydroxyl groups excluding tert-OH is 1. The summed E-state index contributed by atoms with van der Waals surface area (Å²) in [5, 5.41) is 13.7. The number of halogens is 2. The van der Waals surface area contributed by atoms with Gasteiger partial charge in [0.05, 0.1) is 0 Å². The van der Waals surface area contributed by atoms with E-state index in [1.54, 1.807) is 12.1 Å². The minimum atomic E-state index is -0.591. The Bertz CT molecular complexity index is 516. The highest BCUT2D eigenvalue weighted by Gasteiger charge is 2.05. The van der Waals surface area contributed by atoms with Gasteiger partial charge in [0.1, 0.15) is 18.5 Å². The van der Waals surface area contributed by atoms with E-state index in [1.807, 2.05) is 36.4 Å². The monoisotopic (exact) mass is 403 g/mol. The molecule has 2 N–H and O–H groups in total. The van der Waals surface area contributed by atoms with Gasteiger partial charge in [-0.05, 0) is 59.0 Å². The summed E-state index contributed by atoms with van der Waals surface area (Å²) in [5.74, 6) is 0.658. The molecule has 20 heavy (non-hydrogen) atoms. The summed E-state index contributed by atoms with van der Waals surface area (Å²) in [5.41, 5.74) is 0.985. The second-order valence-corrected chi connectivity index (χ2v) is 6.00. The van der Waals surface area contributed by atoms with Crippen LogP contribution >= 0.6 is 34.2 Å². The Labute approximate surface area is 137 Å². The number of anilines is 1. The lowest BCUT2D eigenvalue weighted by molar-refractivity contribution is 0.117. The SMILES string of the molecule is OC(CNc1cccc(I)c1)COc1cccc(Cl)c1. The van der Waals surface area contributed by atoms with Gasteiger partial charge in [0.15, 0.2) is 0 Å². The van der Waals surface area contributed by atoms with E-state index in [1.165, 1.54) is 0 Å². The summed E-state index contributed by atoms with van der Waals surface area (Å²) in [6, 6.07) is 15.1. The lowest BCUT2D eigenvalue weighted by atomic mass is 10.3. The van der Waals surface area contributed by atoms with Crippen LogP contribution in [0.2, 0.25) is 5.02 Å². The van der Waals surface area contributed by atoms with Gasteiger partial charge in [0.25, 0.3) is 0 Å². The van der Waals surface area contributed by atoms with Crippen LogP contribution in [-0.4, -0.2) is 24.4 Å². The van der Waals surface area contributed by atoms with Crippen LogP contribution < -0.4 is 10.1 Å². The molecule has 0 spiro atoms. The van der Waals surface area contributed by atoms with Crippen LogP contribution in [0.25, 0.3) is 0 Å². The largest absolute Gasteiger partial charge is 0.491 e. The number of aliphatic hydroxyl groups is 1. The lowest BCUT2D eigenvalue weighted by Crippen LogP contribution is -2.26. The van der Waals surface area contributed by atoms with Crippen LogP contribution in [0.1, 0.15) is 0 Å². The number of benzene rings is 2. The maximum Gasteiger partial charge on any atom is 0.120 e. The summed E-state index contributed by atoms with van der Waals surface area (Å²) < 4.78 is 6.64. The van der Waals surface area contributed by atoms with Crippen LogP contribution in [0.3, 0.4) is 0 Å². The Kier molecular flexibility index (Phi) is 5.94. The van der Waals surface area contributed by atoms with Crippen molar-refractivity contribution in [1.29, 1.82) is 0 Å². The molecule has 5 heteroatoms. The van der Waals surface area contributed by atoms with E-state index < -0.39 is 6.10 Å². The average molecular weight is 404 g/mol. The fourth-order valence-corrected chi connectivity index (χ4v) is 2.37. The lowest BCUT2D eigenvalue weighted by Gasteiger charge is -2.14. The van der Waals surface area contributed by atoms with Crippen LogP contribution in [0.4, 0.5) is 5.69 Å². The molecule has 0 saturated heterocycles. The van der Waals surface area contributed by atoms with E-state index in [0.717, 1.165) is 9.26 Å². The van der Waals surface area contributed by atoms with Crippen molar-refractivity contribution in [2.75, 3.05) is 18.5 Å². The fraction of sp³-hybridized carbons (Fsp3) is 0.200. The zero-order valence-electron chi connectivity index (χ0n) is 10.7. The first-order chi connectivity index (χ1) is 9.63. The highest BCUT2D eigenvalue weighted by Crippen LogP contribution is 2.17. The first kappa shape index (κ1) is 15.4. The van der Waals surface area contributed by atoms with Crippen LogP contribution in [0, 0.1) is 3.57 Å². The van der Waals surface area contributed by atoms with Gasteiger partial charge in [0.2, 0.25) is 0 Å². The van der Waals surface area contributed by atoms with Crippen LogP contribution in [0.5, 0.6) is 5.75 Å². The molecule has 0 aliphatic rings. The van der Waals surface area contributed by atoms with E-state index >= 15 is 0 Å². The number of nitrogens with one attached hydrogen (secondary N) is 1. The van der Waals surface area contributed by atoms with Gasteiger partial charge in [-0.3, -0.25) is 0 Å². The second kappa shape index (κ2) is 7.71. The van der Waals surface area contributed by atoms with Crippen molar-refractivity contribution in [3.05, 3.63) is 57.1 Å². The van der Waals surface area contributed by atoms with Gasteiger partial charge < -0.3 is 15.2 Å². The smallest absolute Gasteiger partial charge is 0.120 e. The van der Waals surface area contributed by atoms with Crippen molar-refractivity contribution in [1.82, 2.24) is 0 Å². The quantitative estimate of drug-likeness (QED) is 0.721. The van der Waals surface area contributed by atoms with Crippen LogP contribution in [0.15, 0.2) is 48.5 Å². The Morgan fingerprint density at radius 2 is 2.00 bits per heavy atom. The predicted octanol–water partition coefficient (Wildman–Crippen LogP) is 3.80. The molecule has 3 nitrogen and oxygen atoms in total. The minimum Gasteiger partial charge on any atom is -0.491 e. The third kappa shape index (κ3) is 5.19. The number of rotatable bonds is 6. The van der Waals surface area contributed by atoms with Gasteiger partial charge >= 0.3 is 0 Å². The van der Waals surface area contributed by atoms with Gasteiger partial charge in [0, 0.05) is 20.8 Å². The molecular formula is C15H15ClINO2. The molecule has 1 atom stereocenters. The molecule has 106 valence electrons. The van der Waals surface area contributed by atoms with E-state index in [0.29, 0.717) is 17.3 Å². The summed E-state index contributed by atoms with van der Waals surface area (Å²) in [6.07, 6.45) is -0.591. The summed E-state index contributed by atoms with van der Waals surface area (Å²) in [6.45, 7) is 0.651. The molecule has 2 aromatic rings. The molecule has 0 fully saturated rings. The molecule has 0 amide bonds. The summed E-state index contributed by atoms with van der Waals surface area (Å²) in [7, 11) is 0. The Hall–Kier alpha value is -0.980. The third-order valence-electron chi connectivity index (χ3n) is 2.60. The summed E-state index contributed by atoms with van der Waals surface area (Å²) >= 11 is 8.11. The maximum atomic E-state index is 9.89. The van der Waals surface area contributed by atoms with Crippen molar-refractivity contribution in [2.24, 2.45) is 0 Å². The zero-order valence-corrected chi connectivity index (χ0v) is 13.6. The molecule has 2 rings (SSSR count). The van der Waals surface area contributed by atoms with E-state index in [-0.39, 0.29) is 6.61 Å². The predicted molar refractivity (Wildman–Crippen MR) is 90.6 cm³/mol. The number of ether oxygens (including phenoxy) is 1. The van der Waals surface area contributed by atoms with Gasteiger partial charge in [-0.25, -0.2) is 0 Å². The van der Waals surface area contributed by atoms with Gasteiger partial charge in [-0.15, -0.1) is 0 Å². The normalized spacial score (nSPS) is 11.9. The van der Waals surface area contributed by atoms with E-state index in [4.69, 9.17) is 16.3 Å². The molecule has 0 aromatic heterocycles. The van der Waals surface area contributed by atoms with Gasteiger partial charge in [-0.2, -0.15) is 0 Å². The fourth-order valence-electron chi connectivity index (χ4n) is 1.64.